The predicted octanol–water partition coefficient (Wildman–Crippen LogP) is 4.08. The molecule has 1 unspecified atom stereocenters. The fourth-order valence-corrected chi connectivity index (χ4v) is 2.83. The monoisotopic (exact) mass is 331 g/mol. The first-order chi connectivity index (χ1) is 10.9. The summed E-state index contributed by atoms with van der Waals surface area (Å²) in [5, 5.41) is 30.0. The number of aliphatic hydroxyl groups excluding tert-OH is 1. The third kappa shape index (κ3) is 21.8. The van der Waals surface area contributed by atoms with Gasteiger partial charge in [-0.1, -0.05) is 77.0 Å². The van der Waals surface area contributed by atoms with Crippen LogP contribution in [0, 0.1) is 0 Å². The molecule has 0 aliphatic rings. The summed E-state index contributed by atoms with van der Waals surface area (Å²) in [5.74, 6) is -1.72. The standard InChI is InChI=1S/C19H41NO3/c1-18(21)16-14-12-10-8-6-4-3-5-7-9-11-13-15-17-20-19(2,22)23/h18,20-23H,3-17H2,1-2H3. The Morgan fingerprint density at radius 2 is 1.04 bits per heavy atom. The maximum absolute atomic E-state index is 9.17. The molecule has 0 fully saturated rings. The second kappa shape index (κ2) is 15.4. The Labute approximate surface area is 143 Å². The van der Waals surface area contributed by atoms with E-state index in [1.54, 1.807) is 0 Å². The molecule has 0 saturated carbocycles. The van der Waals surface area contributed by atoms with Crippen LogP contribution in [0.15, 0.2) is 0 Å². The van der Waals surface area contributed by atoms with Crippen LogP contribution in [0.2, 0.25) is 0 Å². The van der Waals surface area contributed by atoms with Crippen LogP contribution < -0.4 is 5.32 Å². The van der Waals surface area contributed by atoms with Gasteiger partial charge in [-0.05, 0) is 19.8 Å². The number of hydrogen-bond acceptors (Lipinski definition) is 4. The average Bonchev–Trinajstić information content (AvgIpc) is 2.45. The summed E-state index contributed by atoms with van der Waals surface area (Å²) in [6.07, 6.45) is 17.4. The van der Waals surface area contributed by atoms with Gasteiger partial charge in [-0.25, -0.2) is 0 Å². The van der Waals surface area contributed by atoms with Crippen molar-refractivity contribution in [3.63, 3.8) is 0 Å². The molecule has 4 nitrogen and oxygen atoms in total. The lowest BCUT2D eigenvalue weighted by Gasteiger charge is -2.17. The normalized spacial score (nSPS) is 13.4. The largest absolute Gasteiger partial charge is 0.393 e. The smallest absolute Gasteiger partial charge is 0.219 e. The fourth-order valence-electron chi connectivity index (χ4n) is 2.83. The molecule has 0 aromatic rings. The van der Waals surface area contributed by atoms with Crippen LogP contribution in [0.3, 0.4) is 0 Å². The molecular formula is C19H41NO3. The maximum atomic E-state index is 9.17. The van der Waals surface area contributed by atoms with E-state index in [1.807, 2.05) is 6.92 Å². The highest BCUT2D eigenvalue weighted by atomic mass is 16.5. The van der Waals surface area contributed by atoms with Gasteiger partial charge in [-0.15, -0.1) is 0 Å². The van der Waals surface area contributed by atoms with Crippen LogP contribution in [-0.4, -0.2) is 33.9 Å². The highest BCUT2D eigenvalue weighted by molar-refractivity contribution is 4.55. The fraction of sp³-hybridized carbons (Fsp3) is 1.00. The van der Waals surface area contributed by atoms with Gasteiger partial charge >= 0.3 is 0 Å². The molecule has 0 heterocycles. The van der Waals surface area contributed by atoms with Crippen molar-refractivity contribution in [3.8, 4) is 0 Å². The van der Waals surface area contributed by atoms with Gasteiger partial charge in [0.1, 0.15) is 0 Å². The molecule has 0 rings (SSSR count). The predicted molar refractivity (Wildman–Crippen MR) is 97.2 cm³/mol. The van der Waals surface area contributed by atoms with Crippen molar-refractivity contribution in [1.82, 2.24) is 5.32 Å². The molecule has 0 aromatic heterocycles. The van der Waals surface area contributed by atoms with Crippen LogP contribution in [0.25, 0.3) is 0 Å². The van der Waals surface area contributed by atoms with Crippen molar-refractivity contribution >= 4 is 0 Å². The van der Waals surface area contributed by atoms with Crippen molar-refractivity contribution in [1.29, 1.82) is 0 Å². The van der Waals surface area contributed by atoms with Crippen LogP contribution in [-0.2, 0) is 0 Å². The average molecular weight is 332 g/mol. The van der Waals surface area contributed by atoms with Crippen molar-refractivity contribution in [3.05, 3.63) is 0 Å². The van der Waals surface area contributed by atoms with Crippen LogP contribution in [0.4, 0.5) is 0 Å². The van der Waals surface area contributed by atoms with E-state index in [1.165, 1.54) is 77.6 Å². The first kappa shape index (κ1) is 22.8. The van der Waals surface area contributed by atoms with E-state index in [4.69, 9.17) is 15.3 Å². The van der Waals surface area contributed by atoms with Gasteiger partial charge in [-0.2, -0.15) is 0 Å². The molecular weight excluding hydrogens is 290 g/mol. The molecule has 4 heteroatoms. The number of unbranched alkanes of at least 4 members (excludes halogenated alkanes) is 12. The lowest BCUT2D eigenvalue weighted by Crippen LogP contribution is -2.42. The highest BCUT2D eigenvalue weighted by Gasteiger charge is 2.11. The molecule has 0 aliphatic heterocycles. The summed E-state index contributed by atoms with van der Waals surface area (Å²) in [6, 6.07) is 0. The van der Waals surface area contributed by atoms with Crippen LogP contribution >= 0.6 is 0 Å². The molecule has 1 atom stereocenters. The second-order valence-electron chi connectivity index (χ2n) is 7.18. The lowest BCUT2D eigenvalue weighted by atomic mass is 10.0. The van der Waals surface area contributed by atoms with Gasteiger partial charge in [0.15, 0.2) is 0 Å². The van der Waals surface area contributed by atoms with E-state index in [0.29, 0.717) is 6.54 Å². The van der Waals surface area contributed by atoms with Gasteiger partial charge in [0.25, 0.3) is 0 Å². The number of rotatable bonds is 17. The summed E-state index contributed by atoms with van der Waals surface area (Å²) in [5.41, 5.74) is 0. The number of hydrogen-bond donors (Lipinski definition) is 4. The summed E-state index contributed by atoms with van der Waals surface area (Å²) in [4.78, 5) is 0. The second-order valence-corrected chi connectivity index (χ2v) is 7.18. The molecule has 4 N–H and O–H groups in total. The zero-order chi connectivity index (χ0) is 17.4. The first-order valence-electron chi connectivity index (χ1n) is 9.79. The molecule has 140 valence electrons. The van der Waals surface area contributed by atoms with Gasteiger partial charge in [0, 0.05) is 13.5 Å². The Kier molecular flexibility index (Phi) is 15.3. The minimum absolute atomic E-state index is 0.129. The Morgan fingerprint density at radius 3 is 1.39 bits per heavy atom. The van der Waals surface area contributed by atoms with Crippen molar-refractivity contribution in [2.24, 2.45) is 0 Å². The maximum Gasteiger partial charge on any atom is 0.219 e. The van der Waals surface area contributed by atoms with E-state index >= 15 is 0 Å². The lowest BCUT2D eigenvalue weighted by molar-refractivity contribution is -0.169. The first-order valence-corrected chi connectivity index (χ1v) is 9.79. The molecule has 0 radical (unpaired) electrons. The number of nitrogens with one attached hydrogen (secondary N) is 1. The topological polar surface area (TPSA) is 72.7 Å². The third-order valence-electron chi connectivity index (χ3n) is 4.26. The minimum Gasteiger partial charge on any atom is -0.393 e. The Hall–Kier alpha value is -0.160. The van der Waals surface area contributed by atoms with Gasteiger partial charge in [0.2, 0.25) is 5.91 Å². The zero-order valence-corrected chi connectivity index (χ0v) is 15.5. The van der Waals surface area contributed by atoms with Crippen molar-refractivity contribution < 1.29 is 15.3 Å². The van der Waals surface area contributed by atoms with E-state index in [2.05, 4.69) is 5.32 Å². The zero-order valence-electron chi connectivity index (χ0n) is 15.5. The summed E-state index contributed by atoms with van der Waals surface area (Å²) in [6.45, 7) is 3.89. The van der Waals surface area contributed by atoms with Crippen LogP contribution in [0.1, 0.15) is 104 Å². The molecule has 0 aromatic carbocycles. The summed E-state index contributed by atoms with van der Waals surface area (Å²) < 4.78 is 0. The van der Waals surface area contributed by atoms with Gasteiger partial charge in [0.05, 0.1) is 6.10 Å². The third-order valence-corrected chi connectivity index (χ3v) is 4.26. The molecule has 0 aliphatic carbocycles. The van der Waals surface area contributed by atoms with E-state index in [0.717, 1.165) is 19.3 Å². The molecule has 0 spiro atoms. The summed E-state index contributed by atoms with van der Waals surface area (Å²) in [7, 11) is 0. The van der Waals surface area contributed by atoms with Crippen molar-refractivity contribution in [2.75, 3.05) is 6.54 Å². The quantitative estimate of drug-likeness (QED) is 0.239. The Bertz CT molecular complexity index is 239. The molecule has 0 bridgehead atoms. The van der Waals surface area contributed by atoms with Crippen LogP contribution in [0.5, 0.6) is 0 Å². The van der Waals surface area contributed by atoms with E-state index < -0.39 is 5.91 Å². The molecule has 23 heavy (non-hydrogen) atoms. The molecule has 0 amide bonds. The highest BCUT2D eigenvalue weighted by Crippen LogP contribution is 2.13. The van der Waals surface area contributed by atoms with Crippen molar-refractivity contribution in [2.45, 2.75) is 116 Å². The molecule has 0 saturated heterocycles. The Morgan fingerprint density at radius 1 is 0.696 bits per heavy atom. The van der Waals surface area contributed by atoms with Gasteiger partial charge in [-0.3, -0.25) is 5.32 Å². The summed E-state index contributed by atoms with van der Waals surface area (Å²) >= 11 is 0. The number of aliphatic hydroxyl groups is 3. The van der Waals surface area contributed by atoms with Gasteiger partial charge < -0.3 is 15.3 Å². The van der Waals surface area contributed by atoms with E-state index in [9.17, 15) is 0 Å². The Balaban J connectivity index is 3.03. The minimum atomic E-state index is -1.72. The van der Waals surface area contributed by atoms with E-state index in [-0.39, 0.29) is 6.10 Å². The SMILES string of the molecule is CC(O)CCCCCCCCCCCCCCCNC(C)(O)O.